The zero-order valence-electron chi connectivity index (χ0n) is 54.0. The average Bonchev–Trinajstić information content (AvgIpc) is 1.43. The van der Waals surface area contributed by atoms with Crippen LogP contribution in [0.25, 0.3) is 101 Å². The van der Waals surface area contributed by atoms with Crippen molar-refractivity contribution < 1.29 is 4.74 Å². The van der Waals surface area contributed by atoms with Crippen molar-refractivity contribution >= 4 is 11.8 Å². The number of hydrogen-bond donors (Lipinski definition) is 0. The zero-order valence-corrected chi connectivity index (χ0v) is 54.8. The van der Waals surface area contributed by atoms with Crippen LogP contribution < -0.4 is 4.74 Å². The molecule has 19 rings (SSSR count). The summed E-state index contributed by atoms with van der Waals surface area (Å²) in [6.07, 6.45) is 0.647. The van der Waals surface area contributed by atoms with Gasteiger partial charge in [0.15, 0.2) is 0 Å². The minimum atomic E-state index is -0.654. The second-order valence-corrected chi connectivity index (χ2v) is 27.3. The van der Waals surface area contributed by atoms with Gasteiger partial charge in [0.05, 0.1) is 33.6 Å². The number of aromatic nitrogens is 6. The summed E-state index contributed by atoms with van der Waals surface area (Å²) in [7, 11) is 0. The highest BCUT2D eigenvalue weighted by Gasteiger charge is 2.52. The number of fused-ring (bicyclic) bond motifs is 18. The maximum absolute atomic E-state index is 6.90. The van der Waals surface area contributed by atoms with Gasteiger partial charge in [0.25, 0.3) is 0 Å². The molecule has 7 nitrogen and oxygen atoms in total. The van der Waals surface area contributed by atoms with E-state index in [1.807, 2.05) is 18.7 Å². The fraction of sp³-hybridized carbons (Fsp3) is 0.0667. The molecular weight excluding hydrogens is 1210 g/mol. The molecular formula is C90H60N6OS. The third kappa shape index (κ3) is 8.98. The molecule has 98 heavy (non-hydrogen) atoms. The first-order valence-corrected chi connectivity index (χ1v) is 34.2. The van der Waals surface area contributed by atoms with Gasteiger partial charge in [-0.3, -0.25) is 9.97 Å². The largest absolute Gasteiger partial charge is 0.457 e. The molecule has 2 spiro atoms. The molecule has 6 heterocycles. The number of aryl methyl sites for hydroxylation is 3. The smallest absolute Gasteiger partial charge is 0.132 e. The van der Waals surface area contributed by atoms with Crippen molar-refractivity contribution in [2.75, 3.05) is 0 Å². The lowest BCUT2D eigenvalue weighted by Crippen LogP contribution is -2.32. The molecule has 4 aromatic heterocycles. The molecule has 0 N–H and O–H groups in total. The van der Waals surface area contributed by atoms with E-state index in [2.05, 4.69) is 316 Å². The first-order chi connectivity index (χ1) is 48.2. The lowest BCUT2D eigenvalue weighted by atomic mass is 9.65. The quantitative estimate of drug-likeness (QED) is 0.141. The van der Waals surface area contributed by atoms with Gasteiger partial charge in [-0.25, -0.2) is 0 Å². The summed E-state index contributed by atoms with van der Waals surface area (Å²) in [5.41, 5.74) is 33.1. The molecule has 0 saturated carbocycles. The van der Waals surface area contributed by atoms with Crippen molar-refractivity contribution in [3.8, 4) is 112 Å². The van der Waals surface area contributed by atoms with E-state index in [-0.39, 0.29) is 0 Å². The van der Waals surface area contributed by atoms with Gasteiger partial charge in [0, 0.05) is 83.5 Å². The van der Waals surface area contributed by atoms with Crippen molar-refractivity contribution in [2.24, 2.45) is 0 Å². The predicted octanol–water partition coefficient (Wildman–Crippen LogP) is 21.5. The average molecular weight is 1270 g/mol. The van der Waals surface area contributed by atoms with Gasteiger partial charge in [0.1, 0.15) is 11.5 Å². The van der Waals surface area contributed by atoms with Crippen molar-refractivity contribution in [1.82, 2.24) is 30.4 Å². The van der Waals surface area contributed by atoms with E-state index in [1.165, 1.54) is 65.4 Å². The molecule has 8 heteroatoms. The Bertz CT molecular complexity index is 5700. The summed E-state index contributed by atoms with van der Waals surface area (Å²) in [6, 6.07) is 108. The molecule has 0 radical (unpaired) electrons. The second kappa shape index (κ2) is 22.6. The minimum absolute atomic E-state index is 0.453. The third-order valence-corrected chi connectivity index (χ3v) is 21.9. The van der Waals surface area contributed by atoms with Gasteiger partial charge in [-0.15, -0.1) is 20.4 Å². The number of rotatable bonds is 9. The minimum Gasteiger partial charge on any atom is -0.457 e. The number of benzene rings is 11. The Morgan fingerprint density at radius 1 is 0.286 bits per heavy atom. The standard InChI is InChI=1S/C90H60N6OS/c1-54-24-41-67(55(2)91-54)59-28-34-62(35-29-59)82-46-45-81(93-94-82)61-32-26-58(27-33-61)64-38-42-71-69-14-4-6-16-73(69)89(78(71)52-64)75-18-8-11-21-85(75)97-86-49-25-57(51-80(86)89)50-66-40-44-68(56(3)92-66)60-30-36-63(37-31-60)83-47-48-84(96-95-83)65-39-43-72-70-15-5-7-17-74(70)90(79(72)53-65)76-19-9-12-22-87(76)98-88-23-13-10-20-77(88)90/h4-49,51-53H,50H2,1-3H3. The van der Waals surface area contributed by atoms with Crippen LogP contribution in [0.3, 0.4) is 0 Å². The topological polar surface area (TPSA) is 86.6 Å². The Morgan fingerprint density at radius 2 is 0.694 bits per heavy atom. The molecule has 1 atom stereocenters. The zero-order chi connectivity index (χ0) is 65.2. The van der Waals surface area contributed by atoms with Crippen LogP contribution in [0.15, 0.2) is 307 Å². The van der Waals surface area contributed by atoms with Crippen LogP contribution in [0, 0.1) is 20.8 Å². The number of hydrogen-bond acceptors (Lipinski definition) is 8. The fourth-order valence-corrected chi connectivity index (χ4v) is 17.4. The maximum atomic E-state index is 6.90. The lowest BCUT2D eigenvalue weighted by Gasteiger charge is -2.39. The molecule has 0 fully saturated rings. The molecule has 2 aliphatic carbocycles. The monoisotopic (exact) mass is 1270 g/mol. The van der Waals surface area contributed by atoms with Crippen LogP contribution in [-0.4, -0.2) is 30.4 Å². The highest BCUT2D eigenvalue weighted by atomic mass is 32.2. The van der Waals surface area contributed by atoms with Gasteiger partial charge >= 0.3 is 0 Å². The van der Waals surface area contributed by atoms with Crippen molar-refractivity contribution in [3.05, 3.63) is 370 Å². The molecule has 0 saturated heterocycles. The van der Waals surface area contributed by atoms with Crippen molar-refractivity contribution in [2.45, 2.75) is 47.8 Å². The third-order valence-electron chi connectivity index (χ3n) is 20.7. The lowest BCUT2D eigenvalue weighted by molar-refractivity contribution is 0.436. The van der Waals surface area contributed by atoms with Crippen LogP contribution in [0.1, 0.15) is 72.8 Å². The highest BCUT2D eigenvalue weighted by Crippen LogP contribution is 2.64. The molecule has 2 aliphatic heterocycles. The fourth-order valence-electron chi connectivity index (χ4n) is 16.2. The van der Waals surface area contributed by atoms with E-state index in [0.717, 1.165) is 129 Å². The van der Waals surface area contributed by atoms with Crippen LogP contribution in [-0.2, 0) is 17.3 Å². The maximum Gasteiger partial charge on any atom is 0.132 e. The Hall–Kier alpha value is -12.0. The second-order valence-electron chi connectivity index (χ2n) is 26.2. The van der Waals surface area contributed by atoms with Gasteiger partial charge in [-0.1, -0.05) is 236 Å². The van der Waals surface area contributed by atoms with Crippen LogP contribution in [0.5, 0.6) is 11.5 Å². The summed E-state index contributed by atoms with van der Waals surface area (Å²) >= 11 is 1.86. The Kier molecular flexibility index (Phi) is 13.2. The Labute approximate surface area is 573 Å². The molecule has 0 amide bonds. The van der Waals surface area contributed by atoms with E-state index in [0.29, 0.717) is 6.42 Å². The summed E-state index contributed by atoms with van der Waals surface area (Å²) in [5, 5.41) is 19.2. The van der Waals surface area contributed by atoms with Crippen LogP contribution in [0.2, 0.25) is 0 Å². The molecule has 0 bridgehead atoms. The normalized spacial score (nSPS) is 14.5. The van der Waals surface area contributed by atoms with Gasteiger partial charge in [-0.2, -0.15) is 0 Å². The number of para-hydroxylation sites is 1. The van der Waals surface area contributed by atoms with Crippen molar-refractivity contribution in [3.63, 3.8) is 0 Å². The predicted molar refractivity (Wildman–Crippen MR) is 394 cm³/mol. The van der Waals surface area contributed by atoms with E-state index in [1.54, 1.807) is 0 Å². The van der Waals surface area contributed by atoms with Crippen molar-refractivity contribution in [1.29, 1.82) is 0 Å². The van der Waals surface area contributed by atoms with Gasteiger partial charge < -0.3 is 4.74 Å². The number of pyridine rings is 2. The van der Waals surface area contributed by atoms with E-state index < -0.39 is 10.8 Å². The SMILES string of the molecule is Cc1ccc(-c2ccc(-c3ccc(-c4ccc(-c5ccc6c(c5)C5(c7ccccc7Oc7ccc(Cc8ccc(-c9ccc(-c%10ccc(-c%11ccc%12c(c%11)C%11(c%13ccccc%13Sc%13ccccc%13%11)c%11ccccc%11-%12)nn%10)cc9)c(C)n8)cc75)c5ccccc5-6)cc4)nn3)cc2)c(C)n1. The van der Waals surface area contributed by atoms with E-state index in [4.69, 9.17) is 30.1 Å². The van der Waals surface area contributed by atoms with Crippen LogP contribution in [0.4, 0.5) is 0 Å². The molecule has 1 unspecified atom stereocenters. The summed E-state index contributed by atoms with van der Waals surface area (Å²) in [5.74, 6) is 1.71. The first-order valence-electron chi connectivity index (χ1n) is 33.4. The van der Waals surface area contributed by atoms with Gasteiger partial charge in [-0.05, 0) is 177 Å². The number of nitrogens with zero attached hydrogens (tertiary/aromatic N) is 6. The molecule has 11 aromatic carbocycles. The summed E-state index contributed by atoms with van der Waals surface area (Å²) in [4.78, 5) is 12.5. The highest BCUT2D eigenvalue weighted by molar-refractivity contribution is 7.99. The summed E-state index contributed by atoms with van der Waals surface area (Å²) in [6.45, 7) is 6.19. The molecule has 4 aliphatic rings. The van der Waals surface area contributed by atoms with Gasteiger partial charge in [0.2, 0.25) is 0 Å². The van der Waals surface area contributed by atoms with E-state index in [9.17, 15) is 0 Å². The molecule has 15 aromatic rings. The van der Waals surface area contributed by atoms with E-state index >= 15 is 0 Å². The first kappa shape index (κ1) is 57.5. The summed E-state index contributed by atoms with van der Waals surface area (Å²) < 4.78 is 6.90. The van der Waals surface area contributed by atoms with Crippen LogP contribution >= 0.6 is 11.8 Å². The Morgan fingerprint density at radius 3 is 1.24 bits per heavy atom. The number of ether oxygens (including phenoxy) is 1. The molecule has 462 valence electrons. The Balaban J connectivity index is 0.587.